The maximum atomic E-state index is 12.7. The molecule has 0 unspecified atom stereocenters. The minimum absolute atomic E-state index is 0.184. The van der Waals surface area contributed by atoms with E-state index >= 15 is 0 Å². The number of halogens is 2. The molecule has 2 fully saturated rings. The third-order valence-corrected chi connectivity index (χ3v) is 6.97. The molecule has 0 bridgehead atoms. The summed E-state index contributed by atoms with van der Waals surface area (Å²) >= 11 is 10.2. The van der Waals surface area contributed by atoms with Crippen molar-refractivity contribution in [3.8, 4) is 5.75 Å². The number of carbonyl (C=O) groups is 3. The van der Waals surface area contributed by atoms with E-state index in [4.69, 9.17) is 16.3 Å². The summed E-state index contributed by atoms with van der Waals surface area (Å²) in [6.45, 7) is 1.55. The number of carbonyl (C=O) groups excluding carboxylic acids is 3. The van der Waals surface area contributed by atoms with Gasteiger partial charge in [-0.05, 0) is 82.0 Å². The third kappa shape index (κ3) is 5.36. The molecule has 0 spiro atoms. The summed E-state index contributed by atoms with van der Waals surface area (Å²) in [4.78, 5) is 40.4. The molecule has 2 aromatic carbocycles. The fourth-order valence-electron chi connectivity index (χ4n) is 3.46. The van der Waals surface area contributed by atoms with Gasteiger partial charge in [0.2, 0.25) is 5.91 Å². The summed E-state index contributed by atoms with van der Waals surface area (Å²) in [6.07, 6.45) is 3.57. The molecule has 2 saturated heterocycles. The predicted octanol–water partition coefficient (Wildman–Crippen LogP) is 5.34. The van der Waals surface area contributed by atoms with E-state index in [2.05, 4.69) is 15.9 Å². The molecule has 9 heteroatoms. The maximum absolute atomic E-state index is 12.7. The minimum Gasteiger partial charge on any atom is -0.488 e. The Hall–Kier alpha value is -2.29. The zero-order chi connectivity index (χ0) is 22.7. The summed E-state index contributed by atoms with van der Waals surface area (Å²) in [5.41, 5.74) is 1.73. The van der Waals surface area contributed by atoms with E-state index in [-0.39, 0.29) is 12.5 Å². The first-order valence-corrected chi connectivity index (χ1v) is 12.1. The molecule has 2 aliphatic rings. The van der Waals surface area contributed by atoms with Crippen LogP contribution in [0.3, 0.4) is 0 Å². The summed E-state index contributed by atoms with van der Waals surface area (Å²) in [5, 5.41) is 0.250. The van der Waals surface area contributed by atoms with Crippen LogP contribution in [0.1, 0.15) is 24.0 Å². The number of benzene rings is 2. The van der Waals surface area contributed by atoms with Crippen molar-refractivity contribution in [2.75, 3.05) is 19.6 Å². The Labute approximate surface area is 203 Å². The molecule has 4 rings (SSSR count). The second-order valence-corrected chi connectivity index (χ2v) is 9.74. The summed E-state index contributed by atoms with van der Waals surface area (Å²) in [6, 6.07) is 12.8. The van der Waals surface area contributed by atoms with Gasteiger partial charge in [-0.1, -0.05) is 29.8 Å². The highest BCUT2D eigenvalue weighted by Gasteiger charge is 2.37. The van der Waals surface area contributed by atoms with Gasteiger partial charge in [0.15, 0.2) is 0 Å². The molecule has 0 N–H and O–H groups in total. The van der Waals surface area contributed by atoms with E-state index in [9.17, 15) is 14.4 Å². The van der Waals surface area contributed by atoms with Crippen LogP contribution < -0.4 is 4.74 Å². The number of likely N-dealkylation sites (tertiary alicyclic amines) is 1. The van der Waals surface area contributed by atoms with Crippen molar-refractivity contribution in [3.05, 3.63) is 68.0 Å². The summed E-state index contributed by atoms with van der Waals surface area (Å²) in [7, 11) is 0. The molecule has 32 heavy (non-hydrogen) atoms. The normalized spacial score (nSPS) is 17.5. The van der Waals surface area contributed by atoms with Gasteiger partial charge < -0.3 is 9.64 Å². The Bertz CT molecular complexity index is 1080. The Morgan fingerprint density at radius 3 is 2.53 bits per heavy atom. The van der Waals surface area contributed by atoms with Crippen LogP contribution in [-0.2, 0) is 16.2 Å². The molecule has 0 aliphatic carbocycles. The van der Waals surface area contributed by atoms with Crippen molar-refractivity contribution in [1.29, 1.82) is 0 Å². The highest BCUT2D eigenvalue weighted by atomic mass is 79.9. The number of imide groups is 1. The van der Waals surface area contributed by atoms with Crippen LogP contribution in [0.15, 0.2) is 51.8 Å². The number of hydrogen-bond donors (Lipinski definition) is 0. The molecule has 2 aliphatic heterocycles. The Balaban J connectivity index is 1.41. The largest absolute Gasteiger partial charge is 0.488 e. The first kappa shape index (κ1) is 22.9. The lowest BCUT2D eigenvalue weighted by molar-refractivity contribution is -0.135. The molecule has 6 nitrogen and oxygen atoms in total. The van der Waals surface area contributed by atoms with Crippen LogP contribution in [0, 0.1) is 0 Å². The van der Waals surface area contributed by atoms with Crippen LogP contribution >= 0.6 is 39.3 Å². The van der Waals surface area contributed by atoms with Gasteiger partial charge in [0, 0.05) is 18.1 Å². The first-order chi connectivity index (χ1) is 15.4. The highest BCUT2D eigenvalue weighted by molar-refractivity contribution is 9.10. The molecule has 166 valence electrons. The minimum atomic E-state index is -0.438. The highest BCUT2D eigenvalue weighted by Crippen LogP contribution is 2.34. The van der Waals surface area contributed by atoms with Crippen LogP contribution in [0.2, 0.25) is 5.02 Å². The second-order valence-electron chi connectivity index (χ2n) is 7.46. The van der Waals surface area contributed by atoms with Gasteiger partial charge in [-0.2, -0.15) is 0 Å². The molecule has 2 heterocycles. The number of nitrogens with zero attached hydrogens (tertiary/aromatic N) is 2. The van der Waals surface area contributed by atoms with E-state index in [1.54, 1.807) is 17.0 Å². The van der Waals surface area contributed by atoms with Crippen molar-refractivity contribution < 1.29 is 19.1 Å². The molecule has 2 aromatic rings. The third-order valence-electron chi connectivity index (χ3n) is 5.19. The molecule has 0 radical (unpaired) electrons. The average Bonchev–Trinajstić information content (AvgIpc) is 3.39. The lowest BCUT2D eigenvalue weighted by Gasteiger charge is -2.18. The van der Waals surface area contributed by atoms with Gasteiger partial charge in [0.05, 0.1) is 9.38 Å². The van der Waals surface area contributed by atoms with Crippen LogP contribution in [0.4, 0.5) is 4.79 Å². The monoisotopic (exact) mass is 534 g/mol. The fraction of sp³-hybridized carbons (Fsp3) is 0.261. The van der Waals surface area contributed by atoms with Crippen molar-refractivity contribution in [3.63, 3.8) is 0 Å². The lowest BCUT2D eigenvalue weighted by Crippen LogP contribution is -2.40. The average molecular weight is 536 g/mol. The fourth-order valence-corrected chi connectivity index (χ4v) is 4.93. The molecule has 0 saturated carbocycles. The van der Waals surface area contributed by atoms with E-state index in [1.807, 2.05) is 36.4 Å². The van der Waals surface area contributed by atoms with Crippen molar-refractivity contribution >= 4 is 62.4 Å². The van der Waals surface area contributed by atoms with Gasteiger partial charge in [0.25, 0.3) is 11.1 Å². The van der Waals surface area contributed by atoms with Crippen LogP contribution in [0.5, 0.6) is 5.75 Å². The van der Waals surface area contributed by atoms with Gasteiger partial charge in [-0.25, -0.2) is 0 Å². The molecular weight excluding hydrogens is 516 g/mol. The predicted molar refractivity (Wildman–Crippen MR) is 128 cm³/mol. The number of rotatable bonds is 6. The SMILES string of the molecule is O=C(CN1C(=O)S/C(=C/c2ccc(OCc3ccc(Cl)cc3)c(Br)c2)C1=O)N1CCCC1. The van der Waals surface area contributed by atoms with Crippen LogP contribution in [0.25, 0.3) is 6.08 Å². The van der Waals surface area contributed by atoms with E-state index in [1.165, 1.54) is 0 Å². The lowest BCUT2D eigenvalue weighted by atomic mass is 10.2. The summed E-state index contributed by atoms with van der Waals surface area (Å²) < 4.78 is 6.57. The number of ether oxygens (including phenoxy) is 1. The first-order valence-electron chi connectivity index (χ1n) is 10.1. The van der Waals surface area contributed by atoms with E-state index in [0.29, 0.717) is 35.4 Å². The molecular formula is C23H20BrClN2O4S. The standard InChI is InChI=1S/C23H20BrClN2O4S/c24-18-11-16(5-8-19(18)31-14-15-3-6-17(25)7-4-15)12-20-22(29)27(23(30)32-20)13-21(28)26-9-1-2-10-26/h3-8,11-12H,1-2,9-10,13-14H2/b20-12+. The van der Waals surface area contributed by atoms with E-state index in [0.717, 1.165) is 45.1 Å². The van der Waals surface area contributed by atoms with E-state index < -0.39 is 11.1 Å². The Kier molecular flexibility index (Phi) is 7.23. The topological polar surface area (TPSA) is 66.9 Å². The van der Waals surface area contributed by atoms with Crippen LogP contribution in [-0.4, -0.2) is 46.5 Å². The van der Waals surface area contributed by atoms with Crippen molar-refractivity contribution in [1.82, 2.24) is 9.80 Å². The summed E-state index contributed by atoms with van der Waals surface area (Å²) in [5.74, 6) is 0.0316. The smallest absolute Gasteiger partial charge is 0.294 e. The number of thioether (sulfide) groups is 1. The zero-order valence-corrected chi connectivity index (χ0v) is 20.2. The number of hydrogen-bond acceptors (Lipinski definition) is 5. The van der Waals surface area contributed by atoms with Crippen molar-refractivity contribution in [2.45, 2.75) is 19.4 Å². The van der Waals surface area contributed by atoms with Gasteiger partial charge >= 0.3 is 0 Å². The molecule has 0 aromatic heterocycles. The van der Waals surface area contributed by atoms with Gasteiger partial charge in [0.1, 0.15) is 18.9 Å². The van der Waals surface area contributed by atoms with Gasteiger partial charge in [-0.3, -0.25) is 19.3 Å². The zero-order valence-electron chi connectivity index (χ0n) is 17.1. The number of amides is 3. The van der Waals surface area contributed by atoms with Gasteiger partial charge in [-0.15, -0.1) is 0 Å². The second kappa shape index (κ2) is 10.1. The molecule has 3 amide bonds. The Morgan fingerprint density at radius 2 is 1.84 bits per heavy atom. The molecule has 0 atom stereocenters. The van der Waals surface area contributed by atoms with Crippen molar-refractivity contribution in [2.24, 2.45) is 0 Å². The maximum Gasteiger partial charge on any atom is 0.294 e. The Morgan fingerprint density at radius 1 is 1.12 bits per heavy atom. The quantitative estimate of drug-likeness (QED) is 0.467.